The van der Waals surface area contributed by atoms with Gasteiger partial charge in [-0.15, -0.1) is 11.8 Å². The van der Waals surface area contributed by atoms with Gasteiger partial charge in [-0.2, -0.15) is 0 Å². The predicted octanol–water partition coefficient (Wildman–Crippen LogP) is 4.44. The molecular weight excluding hydrogens is 188 g/mol. The van der Waals surface area contributed by atoms with Crippen LogP contribution in [0.2, 0.25) is 0 Å². The molecule has 0 radical (unpaired) electrons. The van der Waals surface area contributed by atoms with Crippen LogP contribution in [0.3, 0.4) is 0 Å². The SMILES string of the molecule is CS/C=C(/c1ccccc1)C(C)(C)C. The minimum atomic E-state index is 0.213. The zero-order valence-electron chi connectivity index (χ0n) is 9.37. The van der Waals surface area contributed by atoms with E-state index in [1.165, 1.54) is 11.1 Å². The Hall–Kier alpha value is -0.690. The highest BCUT2D eigenvalue weighted by atomic mass is 32.2. The van der Waals surface area contributed by atoms with Crippen LogP contribution in [0.5, 0.6) is 0 Å². The maximum atomic E-state index is 2.25. The van der Waals surface area contributed by atoms with E-state index in [0.29, 0.717) is 0 Å². The van der Waals surface area contributed by atoms with E-state index in [4.69, 9.17) is 0 Å². The fraction of sp³-hybridized carbons (Fsp3) is 0.385. The Balaban J connectivity index is 3.09. The van der Waals surface area contributed by atoms with Gasteiger partial charge in [0.25, 0.3) is 0 Å². The van der Waals surface area contributed by atoms with Gasteiger partial charge in [-0.1, -0.05) is 51.1 Å². The molecule has 0 N–H and O–H groups in total. The van der Waals surface area contributed by atoms with Crippen LogP contribution in [0.25, 0.3) is 5.57 Å². The van der Waals surface area contributed by atoms with E-state index in [0.717, 1.165) is 0 Å². The normalized spacial score (nSPS) is 13.0. The van der Waals surface area contributed by atoms with Gasteiger partial charge < -0.3 is 0 Å². The first-order valence-electron chi connectivity index (χ1n) is 4.84. The Kier molecular flexibility index (Phi) is 3.82. The maximum absolute atomic E-state index is 2.25. The largest absolute Gasteiger partial charge is 0.137 e. The van der Waals surface area contributed by atoms with Crippen molar-refractivity contribution in [1.82, 2.24) is 0 Å². The minimum Gasteiger partial charge on any atom is -0.137 e. The molecule has 0 aliphatic rings. The van der Waals surface area contributed by atoms with Crippen LogP contribution in [0, 0.1) is 5.41 Å². The van der Waals surface area contributed by atoms with Crippen molar-refractivity contribution in [3.05, 3.63) is 41.3 Å². The molecule has 1 aromatic rings. The third kappa shape index (κ3) is 2.91. The highest BCUT2D eigenvalue weighted by Gasteiger charge is 2.17. The molecule has 0 aliphatic carbocycles. The second-order valence-corrected chi connectivity index (χ2v) is 5.09. The summed E-state index contributed by atoms with van der Waals surface area (Å²) in [6, 6.07) is 10.6. The molecule has 1 heteroatoms. The molecule has 0 spiro atoms. The predicted molar refractivity (Wildman–Crippen MR) is 67.4 cm³/mol. The average molecular weight is 206 g/mol. The zero-order chi connectivity index (χ0) is 10.6. The summed E-state index contributed by atoms with van der Waals surface area (Å²) in [5.74, 6) is 0. The van der Waals surface area contributed by atoms with E-state index in [-0.39, 0.29) is 5.41 Å². The summed E-state index contributed by atoms with van der Waals surface area (Å²) in [7, 11) is 0. The van der Waals surface area contributed by atoms with E-state index in [1.54, 1.807) is 11.8 Å². The van der Waals surface area contributed by atoms with E-state index in [1.807, 2.05) is 0 Å². The molecular formula is C13H18S. The fourth-order valence-corrected chi connectivity index (χ4v) is 2.14. The molecule has 14 heavy (non-hydrogen) atoms. The summed E-state index contributed by atoms with van der Waals surface area (Å²) in [5.41, 5.74) is 2.95. The number of thioether (sulfide) groups is 1. The molecule has 0 fully saturated rings. The highest BCUT2D eigenvalue weighted by molar-refractivity contribution is 8.01. The van der Waals surface area contributed by atoms with Gasteiger partial charge in [0.05, 0.1) is 0 Å². The van der Waals surface area contributed by atoms with Crippen molar-refractivity contribution in [2.24, 2.45) is 5.41 Å². The summed E-state index contributed by atoms with van der Waals surface area (Å²) < 4.78 is 0. The smallest absolute Gasteiger partial charge is 0.0121 e. The van der Waals surface area contributed by atoms with Crippen molar-refractivity contribution in [1.29, 1.82) is 0 Å². The summed E-state index contributed by atoms with van der Waals surface area (Å²) in [4.78, 5) is 0. The quantitative estimate of drug-likeness (QED) is 0.689. The molecule has 0 heterocycles. The number of rotatable bonds is 2. The molecule has 1 rings (SSSR count). The number of hydrogen-bond acceptors (Lipinski definition) is 1. The monoisotopic (exact) mass is 206 g/mol. The van der Waals surface area contributed by atoms with Crippen molar-refractivity contribution < 1.29 is 0 Å². The average Bonchev–Trinajstić information content (AvgIpc) is 2.14. The molecule has 0 nitrogen and oxygen atoms in total. The molecule has 0 bridgehead atoms. The van der Waals surface area contributed by atoms with Crippen LogP contribution < -0.4 is 0 Å². The van der Waals surface area contributed by atoms with Gasteiger partial charge in [0.1, 0.15) is 0 Å². The lowest BCUT2D eigenvalue weighted by molar-refractivity contribution is 0.567. The first-order chi connectivity index (χ1) is 6.55. The summed E-state index contributed by atoms with van der Waals surface area (Å²) >= 11 is 1.77. The summed E-state index contributed by atoms with van der Waals surface area (Å²) in [6.45, 7) is 6.76. The van der Waals surface area contributed by atoms with Crippen molar-refractivity contribution in [2.45, 2.75) is 20.8 Å². The zero-order valence-corrected chi connectivity index (χ0v) is 10.2. The Morgan fingerprint density at radius 3 is 2.14 bits per heavy atom. The van der Waals surface area contributed by atoms with E-state index in [2.05, 4.69) is 62.8 Å². The first kappa shape index (κ1) is 11.4. The van der Waals surface area contributed by atoms with Crippen LogP contribution in [-0.2, 0) is 0 Å². The summed E-state index contributed by atoms with van der Waals surface area (Å²) in [5, 5.41) is 2.25. The van der Waals surface area contributed by atoms with Crippen molar-refractivity contribution in [3.8, 4) is 0 Å². The van der Waals surface area contributed by atoms with E-state index in [9.17, 15) is 0 Å². The standard InChI is InChI=1S/C13H18S/c1-13(2,3)12(10-14-4)11-8-6-5-7-9-11/h5-10H,1-4H3/b12-10-. The second-order valence-electron chi connectivity index (χ2n) is 4.38. The maximum Gasteiger partial charge on any atom is -0.0121 e. The van der Waals surface area contributed by atoms with E-state index >= 15 is 0 Å². The van der Waals surface area contributed by atoms with Crippen LogP contribution in [0.1, 0.15) is 26.3 Å². The van der Waals surface area contributed by atoms with Gasteiger partial charge in [0, 0.05) is 0 Å². The molecule has 0 amide bonds. The first-order valence-corrected chi connectivity index (χ1v) is 6.13. The molecule has 0 saturated carbocycles. The van der Waals surface area contributed by atoms with Crippen molar-refractivity contribution >= 4 is 17.3 Å². The Bertz CT molecular complexity index is 304. The molecule has 0 aromatic heterocycles. The highest BCUT2D eigenvalue weighted by Crippen LogP contribution is 2.35. The van der Waals surface area contributed by atoms with Gasteiger partial charge in [-0.25, -0.2) is 0 Å². The Labute approximate surface area is 91.4 Å². The van der Waals surface area contributed by atoms with Crippen molar-refractivity contribution in [3.63, 3.8) is 0 Å². The third-order valence-electron chi connectivity index (χ3n) is 2.13. The molecule has 0 aliphatic heterocycles. The molecule has 0 unspecified atom stereocenters. The van der Waals surface area contributed by atoms with Crippen LogP contribution in [0.4, 0.5) is 0 Å². The second kappa shape index (κ2) is 4.70. The number of hydrogen-bond donors (Lipinski definition) is 0. The third-order valence-corrected chi connectivity index (χ3v) is 2.60. The topological polar surface area (TPSA) is 0 Å². The molecule has 76 valence electrons. The molecule has 0 atom stereocenters. The van der Waals surface area contributed by atoms with Gasteiger partial charge >= 0.3 is 0 Å². The molecule has 0 saturated heterocycles. The fourth-order valence-electron chi connectivity index (χ4n) is 1.41. The lowest BCUT2D eigenvalue weighted by Crippen LogP contribution is -2.07. The van der Waals surface area contributed by atoms with Crippen molar-refractivity contribution in [2.75, 3.05) is 6.26 Å². The number of allylic oxidation sites excluding steroid dienone is 1. The minimum absolute atomic E-state index is 0.213. The van der Waals surface area contributed by atoms with Crippen LogP contribution >= 0.6 is 11.8 Å². The van der Waals surface area contributed by atoms with Gasteiger partial charge in [-0.05, 0) is 28.2 Å². The van der Waals surface area contributed by atoms with Gasteiger partial charge in [0.15, 0.2) is 0 Å². The molecule has 1 aromatic carbocycles. The lowest BCUT2D eigenvalue weighted by atomic mass is 9.83. The number of benzene rings is 1. The van der Waals surface area contributed by atoms with Crippen LogP contribution in [-0.4, -0.2) is 6.26 Å². The summed E-state index contributed by atoms with van der Waals surface area (Å²) in [6.07, 6.45) is 2.11. The Morgan fingerprint density at radius 2 is 1.71 bits per heavy atom. The van der Waals surface area contributed by atoms with Gasteiger partial charge in [-0.3, -0.25) is 0 Å². The van der Waals surface area contributed by atoms with Gasteiger partial charge in [0.2, 0.25) is 0 Å². The van der Waals surface area contributed by atoms with E-state index < -0.39 is 0 Å². The Morgan fingerprint density at radius 1 is 1.14 bits per heavy atom. The van der Waals surface area contributed by atoms with Crippen LogP contribution in [0.15, 0.2) is 35.7 Å². The lowest BCUT2D eigenvalue weighted by Gasteiger charge is -2.23.